The molecular formula is C21H18F6N4. The Bertz CT molecular complexity index is 1060. The molecule has 10 heteroatoms. The molecule has 0 saturated carbocycles. The van der Waals surface area contributed by atoms with Crippen LogP contribution in [0.3, 0.4) is 0 Å². The van der Waals surface area contributed by atoms with Gasteiger partial charge >= 0.3 is 12.4 Å². The molecule has 164 valence electrons. The van der Waals surface area contributed by atoms with Gasteiger partial charge < -0.3 is 10.6 Å². The normalized spacial score (nSPS) is 12.2. The van der Waals surface area contributed by atoms with Gasteiger partial charge in [-0.2, -0.15) is 26.3 Å². The Hall–Kier alpha value is -3.30. The largest absolute Gasteiger partial charge is 0.416 e. The molecule has 0 saturated heterocycles. The fraction of sp³-hybridized carbons (Fsp3) is 0.238. The number of nitrogens with zero attached hydrogens (tertiary/aromatic N) is 2. The van der Waals surface area contributed by atoms with Gasteiger partial charge in [0.2, 0.25) is 0 Å². The van der Waals surface area contributed by atoms with Gasteiger partial charge in [0.1, 0.15) is 11.6 Å². The zero-order chi connectivity index (χ0) is 22.8. The van der Waals surface area contributed by atoms with Crippen LogP contribution in [0.15, 0.2) is 54.7 Å². The predicted molar refractivity (Wildman–Crippen MR) is 106 cm³/mol. The van der Waals surface area contributed by atoms with Crippen molar-refractivity contribution < 1.29 is 26.3 Å². The van der Waals surface area contributed by atoms with Gasteiger partial charge in [0.05, 0.1) is 16.8 Å². The average Bonchev–Trinajstić information content (AvgIpc) is 2.66. The summed E-state index contributed by atoms with van der Waals surface area (Å²) in [5.41, 5.74) is -0.761. The number of hydrogen-bond donors (Lipinski definition) is 2. The average molecular weight is 440 g/mol. The molecule has 4 nitrogen and oxygen atoms in total. The summed E-state index contributed by atoms with van der Waals surface area (Å²) in [5, 5.41) is 5.82. The molecule has 3 rings (SSSR count). The number of benzene rings is 1. The second-order valence-electron chi connectivity index (χ2n) is 7.06. The maximum atomic E-state index is 13.1. The fourth-order valence-corrected chi connectivity index (χ4v) is 2.82. The SMILES string of the molecule is CC(C)Nc1cc(Nc2cc(C(F)(F)F)ccn2)nc(-c2cccc(C(F)(F)F)c2)c1. The van der Waals surface area contributed by atoms with Crippen LogP contribution >= 0.6 is 0 Å². The lowest BCUT2D eigenvalue weighted by Gasteiger charge is -2.15. The molecule has 0 atom stereocenters. The number of nitrogens with one attached hydrogen (secondary N) is 2. The van der Waals surface area contributed by atoms with Crippen molar-refractivity contribution in [3.8, 4) is 11.3 Å². The highest BCUT2D eigenvalue weighted by Crippen LogP contribution is 2.34. The highest BCUT2D eigenvalue weighted by molar-refractivity contribution is 5.70. The summed E-state index contributed by atoms with van der Waals surface area (Å²) in [6.45, 7) is 3.73. The highest BCUT2D eigenvalue weighted by atomic mass is 19.4. The molecule has 0 aliphatic carbocycles. The Balaban J connectivity index is 2.02. The minimum atomic E-state index is -4.54. The standard InChI is InChI=1S/C21H18F6N4/c1-12(2)29-16-10-17(13-4-3-5-14(8-13)20(22,23)24)30-19(11-16)31-18-9-15(6-7-28-18)21(25,26)27/h3-12H,1-2H3,(H2,28,29,30,31). The van der Waals surface area contributed by atoms with E-state index in [2.05, 4.69) is 20.6 Å². The maximum Gasteiger partial charge on any atom is 0.416 e. The number of rotatable bonds is 5. The minimum absolute atomic E-state index is 0.00343. The maximum absolute atomic E-state index is 13.1. The van der Waals surface area contributed by atoms with Gasteiger partial charge in [-0.3, -0.25) is 0 Å². The third-order valence-electron chi connectivity index (χ3n) is 4.11. The van der Waals surface area contributed by atoms with Gasteiger partial charge in [-0.15, -0.1) is 0 Å². The number of alkyl halides is 6. The van der Waals surface area contributed by atoms with Crippen LogP contribution in [0, 0.1) is 0 Å². The molecule has 2 aromatic heterocycles. The first-order valence-electron chi connectivity index (χ1n) is 9.18. The van der Waals surface area contributed by atoms with E-state index in [0.717, 1.165) is 30.5 Å². The molecule has 2 N–H and O–H groups in total. The summed E-state index contributed by atoms with van der Waals surface area (Å²) >= 11 is 0. The summed E-state index contributed by atoms with van der Waals surface area (Å²) < 4.78 is 78.2. The van der Waals surface area contributed by atoms with Gasteiger partial charge in [-0.25, -0.2) is 9.97 Å². The molecule has 0 aliphatic rings. The van der Waals surface area contributed by atoms with Crippen molar-refractivity contribution in [2.75, 3.05) is 10.6 Å². The summed E-state index contributed by atoms with van der Waals surface area (Å²) in [6, 6.07) is 9.43. The molecular weight excluding hydrogens is 422 g/mol. The van der Waals surface area contributed by atoms with Crippen LogP contribution < -0.4 is 10.6 Å². The van der Waals surface area contributed by atoms with E-state index in [1.165, 1.54) is 12.1 Å². The van der Waals surface area contributed by atoms with E-state index in [4.69, 9.17) is 0 Å². The van der Waals surface area contributed by atoms with E-state index in [1.807, 2.05) is 13.8 Å². The van der Waals surface area contributed by atoms with Gasteiger partial charge in [0.15, 0.2) is 0 Å². The van der Waals surface area contributed by atoms with Crippen molar-refractivity contribution in [2.45, 2.75) is 32.2 Å². The van der Waals surface area contributed by atoms with E-state index in [1.54, 1.807) is 12.1 Å². The molecule has 0 fully saturated rings. The van der Waals surface area contributed by atoms with E-state index in [-0.39, 0.29) is 28.9 Å². The Labute approximate surface area is 174 Å². The number of aromatic nitrogens is 2. The molecule has 0 unspecified atom stereocenters. The smallest absolute Gasteiger partial charge is 0.383 e. The molecule has 0 bridgehead atoms. The minimum Gasteiger partial charge on any atom is -0.383 e. The predicted octanol–water partition coefficient (Wildman–Crippen LogP) is 6.75. The number of pyridine rings is 2. The molecule has 1 aromatic carbocycles. The number of halogens is 6. The molecule has 3 aromatic rings. The lowest BCUT2D eigenvalue weighted by atomic mass is 10.1. The third-order valence-corrected chi connectivity index (χ3v) is 4.11. The molecule has 2 heterocycles. The van der Waals surface area contributed by atoms with Crippen molar-refractivity contribution in [1.29, 1.82) is 0 Å². The number of anilines is 3. The summed E-state index contributed by atoms with van der Waals surface area (Å²) in [4.78, 5) is 8.15. The molecule has 31 heavy (non-hydrogen) atoms. The molecule has 0 aliphatic heterocycles. The van der Waals surface area contributed by atoms with E-state index < -0.39 is 23.5 Å². The van der Waals surface area contributed by atoms with E-state index in [0.29, 0.717) is 5.69 Å². The Morgan fingerprint density at radius 2 is 1.48 bits per heavy atom. The summed E-state index contributed by atoms with van der Waals surface area (Å²) in [6.07, 6.45) is -8.06. The summed E-state index contributed by atoms with van der Waals surface area (Å²) in [7, 11) is 0. The Kier molecular flexibility index (Phi) is 6.10. The van der Waals surface area contributed by atoms with Crippen LogP contribution in [0.5, 0.6) is 0 Å². The second kappa shape index (κ2) is 8.44. The Morgan fingerprint density at radius 3 is 2.13 bits per heavy atom. The number of hydrogen-bond acceptors (Lipinski definition) is 4. The Morgan fingerprint density at radius 1 is 0.806 bits per heavy atom. The van der Waals surface area contributed by atoms with Gasteiger partial charge in [0.25, 0.3) is 0 Å². The molecule has 0 radical (unpaired) electrons. The second-order valence-corrected chi connectivity index (χ2v) is 7.06. The van der Waals surface area contributed by atoms with Gasteiger partial charge in [0, 0.05) is 29.6 Å². The van der Waals surface area contributed by atoms with Crippen molar-refractivity contribution >= 4 is 17.3 Å². The lowest BCUT2D eigenvalue weighted by Crippen LogP contribution is -2.11. The molecule has 0 spiro atoms. The van der Waals surface area contributed by atoms with Crippen molar-refractivity contribution in [2.24, 2.45) is 0 Å². The third kappa shape index (κ3) is 5.87. The van der Waals surface area contributed by atoms with E-state index >= 15 is 0 Å². The van der Waals surface area contributed by atoms with Crippen LogP contribution in [0.4, 0.5) is 43.7 Å². The topological polar surface area (TPSA) is 49.8 Å². The lowest BCUT2D eigenvalue weighted by molar-refractivity contribution is -0.138. The van der Waals surface area contributed by atoms with Gasteiger partial charge in [-0.05, 0) is 44.2 Å². The fourth-order valence-electron chi connectivity index (χ4n) is 2.82. The zero-order valence-corrected chi connectivity index (χ0v) is 16.4. The molecule has 0 amide bonds. The van der Waals surface area contributed by atoms with Crippen molar-refractivity contribution in [3.63, 3.8) is 0 Å². The van der Waals surface area contributed by atoms with Crippen LogP contribution in [-0.2, 0) is 12.4 Å². The van der Waals surface area contributed by atoms with Crippen molar-refractivity contribution in [3.05, 3.63) is 65.9 Å². The monoisotopic (exact) mass is 440 g/mol. The zero-order valence-electron chi connectivity index (χ0n) is 16.4. The van der Waals surface area contributed by atoms with Crippen molar-refractivity contribution in [1.82, 2.24) is 9.97 Å². The quantitative estimate of drug-likeness (QED) is 0.431. The summed E-state index contributed by atoms with van der Waals surface area (Å²) in [5.74, 6) is 0.0314. The van der Waals surface area contributed by atoms with Crippen LogP contribution in [0.1, 0.15) is 25.0 Å². The van der Waals surface area contributed by atoms with Crippen LogP contribution in [0.25, 0.3) is 11.3 Å². The van der Waals surface area contributed by atoms with Crippen LogP contribution in [-0.4, -0.2) is 16.0 Å². The van der Waals surface area contributed by atoms with E-state index in [9.17, 15) is 26.3 Å². The first kappa shape index (κ1) is 22.4. The first-order chi connectivity index (χ1) is 14.4. The highest BCUT2D eigenvalue weighted by Gasteiger charge is 2.31. The first-order valence-corrected chi connectivity index (χ1v) is 9.18. The van der Waals surface area contributed by atoms with Crippen LogP contribution in [0.2, 0.25) is 0 Å². The van der Waals surface area contributed by atoms with Gasteiger partial charge in [-0.1, -0.05) is 12.1 Å².